The van der Waals surface area contributed by atoms with Crippen LogP contribution in [0.3, 0.4) is 0 Å². The maximum absolute atomic E-state index is 13.6. The molecule has 0 aliphatic carbocycles. The van der Waals surface area contributed by atoms with E-state index in [1.165, 1.54) is 83.3 Å². The Labute approximate surface area is 399 Å². The van der Waals surface area contributed by atoms with Gasteiger partial charge in [0.05, 0.1) is 12.5 Å². The number of unbranched alkanes of at least 4 members (excludes halogenated alkanes) is 23. The highest BCUT2D eigenvalue weighted by Crippen LogP contribution is 2.51. The highest BCUT2D eigenvalue weighted by Gasteiger charge is 2.39. The second kappa shape index (κ2) is 42.5. The van der Waals surface area contributed by atoms with Gasteiger partial charge in [-0.15, -0.1) is 0 Å². The molecule has 0 fully saturated rings. The van der Waals surface area contributed by atoms with Crippen molar-refractivity contribution in [1.82, 2.24) is 5.32 Å². The Morgan fingerprint density at radius 2 is 0.985 bits per heavy atom. The number of nitrogens with one attached hydrogen (secondary N) is 1. The number of aliphatic imine (C=N–C) groups is 1. The molecule has 0 saturated heterocycles. The highest BCUT2D eigenvalue weighted by molar-refractivity contribution is 7.50. The number of benzene rings is 1. The molecule has 0 aliphatic rings. The van der Waals surface area contributed by atoms with Gasteiger partial charge in [-0.3, -0.25) is 24.2 Å². The van der Waals surface area contributed by atoms with Crippen LogP contribution in [0.25, 0.3) is 0 Å². The molecule has 3 N–H and O–H groups in total. The number of aldehydes is 1. The molecular formula is C53H88N3O9P. The average molecular weight is 942 g/mol. The third-order valence-electron chi connectivity index (χ3n) is 11.2. The molecule has 1 unspecified atom stereocenters. The Bertz CT molecular complexity index is 1510. The fraction of sp³-hybridized carbons (Fsp3) is 0.698. The van der Waals surface area contributed by atoms with Crippen molar-refractivity contribution in [3.05, 3.63) is 59.7 Å². The number of phosphoric acid groups is 1. The first-order chi connectivity index (χ1) is 32.1. The van der Waals surface area contributed by atoms with Crippen molar-refractivity contribution in [2.24, 2.45) is 10.7 Å². The molecule has 0 bridgehead atoms. The number of allylic oxidation sites excluding steroid dienone is 4. The molecule has 0 radical (unpaired) electrons. The minimum atomic E-state index is -4.88. The van der Waals surface area contributed by atoms with Gasteiger partial charge < -0.3 is 29.4 Å². The summed E-state index contributed by atoms with van der Waals surface area (Å²) in [6.07, 6.45) is 41.6. The maximum atomic E-state index is 13.6. The van der Waals surface area contributed by atoms with Gasteiger partial charge in [-0.2, -0.15) is 4.57 Å². The second-order valence-corrected chi connectivity index (χ2v) is 18.9. The number of nitrogens with two attached hydrogens (primary N) is 1. The van der Waals surface area contributed by atoms with Crippen LogP contribution in [0, 0.1) is 0 Å². The van der Waals surface area contributed by atoms with Gasteiger partial charge in [0.2, 0.25) is 0 Å². The topological polar surface area (TPSA) is 181 Å². The Morgan fingerprint density at radius 1 is 0.576 bits per heavy atom. The van der Waals surface area contributed by atoms with E-state index in [1.807, 2.05) is 0 Å². The molecule has 1 atom stereocenters. The molecule has 66 heavy (non-hydrogen) atoms. The fourth-order valence-electron chi connectivity index (χ4n) is 7.17. The SMILES string of the molecule is CCCCCCCC/C=C\CCCCCCCC(=O)OP(=O)(OC(=O)CCCCCCC/C=C\CCCCCCCC)OC(=O)CCN=Cc1ccc(C(=O)NCCCCC(N)C=O)cc1. The van der Waals surface area contributed by atoms with Gasteiger partial charge in [-0.25, -0.2) is 0 Å². The molecule has 0 aromatic heterocycles. The normalized spacial score (nSPS) is 12.2. The number of hydrogen-bond acceptors (Lipinski definition) is 11. The van der Waals surface area contributed by atoms with Crippen LogP contribution >= 0.6 is 7.82 Å². The summed E-state index contributed by atoms with van der Waals surface area (Å²) in [6, 6.07) is 6.24. The van der Waals surface area contributed by atoms with E-state index in [0.29, 0.717) is 49.6 Å². The first-order valence-corrected chi connectivity index (χ1v) is 27.2. The van der Waals surface area contributed by atoms with Gasteiger partial charge in [-0.05, 0) is 101 Å². The van der Waals surface area contributed by atoms with E-state index in [4.69, 9.17) is 19.3 Å². The lowest BCUT2D eigenvalue weighted by molar-refractivity contribution is -0.144. The smallest absolute Gasteiger partial charge is 0.352 e. The van der Waals surface area contributed by atoms with Crippen molar-refractivity contribution in [3.8, 4) is 0 Å². The summed E-state index contributed by atoms with van der Waals surface area (Å²) in [5.74, 6) is -2.93. The second-order valence-electron chi connectivity index (χ2n) is 17.5. The molecule has 0 saturated carbocycles. The Kier molecular flexibility index (Phi) is 38.7. The lowest BCUT2D eigenvalue weighted by Gasteiger charge is -2.16. The van der Waals surface area contributed by atoms with Crippen molar-refractivity contribution in [3.63, 3.8) is 0 Å². The Hall–Kier alpha value is -3.89. The third kappa shape index (κ3) is 36.3. The largest absolute Gasteiger partial charge is 0.653 e. The van der Waals surface area contributed by atoms with Crippen LogP contribution in [0.4, 0.5) is 0 Å². The monoisotopic (exact) mass is 942 g/mol. The molecule has 0 heterocycles. The van der Waals surface area contributed by atoms with Gasteiger partial charge in [-0.1, -0.05) is 153 Å². The lowest BCUT2D eigenvalue weighted by Crippen LogP contribution is -2.25. The van der Waals surface area contributed by atoms with Gasteiger partial charge in [0, 0.05) is 37.7 Å². The molecule has 374 valence electrons. The van der Waals surface area contributed by atoms with Crippen molar-refractivity contribution in [2.75, 3.05) is 13.1 Å². The minimum Gasteiger partial charge on any atom is -0.352 e. The zero-order valence-electron chi connectivity index (χ0n) is 41.0. The number of carbonyl (C=O) groups excluding carboxylic acids is 5. The summed E-state index contributed by atoms with van der Waals surface area (Å²) < 4.78 is 28.9. The predicted octanol–water partition coefficient (Wildman–Crippen LogP) is 13.7. The van der Waals surface area contributed by atoms with E-state index in [2.05, 4.69) is 48.5 Å². The summed E-state index contributed by atoms with van der Waals surface area (Å²) in [4.78, 5) is 65.8. The lowest BCUT2D eigenvalue weighted by atomic mass is 10.1. The van der Waals surface area contributed by atoms with Crippen LogP contribution in [0.2, 0.25) is 0 Å². The van der Waals surface area contributed by atoms with E-state index in [-0.39, 0.29) is 31.7 Å². The maximum Gasteiger partial charge on any atom is 0.653 e. The van der Waals surface area contributed by atoms with Crippen LogP contribution in [0.5, 0.6) is 0 Å². The van der Waals surface area contributed by atoms with Crippen molar-refractivity contribution >= 4 is 44.1 Å². The molecule has 1 amide bonds. The van der Waals surface area contributed by atoms with Crippen molar-refractivity contribution in [1.29, 1.82) is 0 Å². The van der Waals surface area contributed by atoms with Crippen LogP contribution in [-0.4, -0.2) is 55.4 Å². The average Bonchev–Trinajstić information content (AvgIpc) is 3.30. The fourth-order valence-corrected chi connectivity index (χ4v) is 8.30. The molecule has 0 spiro atoms. The van der Waals surface area contributed by atoms with Crippen LogP contribution < -0.4 is 11.1 Å². The molecule has 12 nitrogen and oxygen atoms in total. The quantitative estimate of drug-likeness (QED) is 0.0210. The van der Waals surface area contributed by atoms with E-state index in [0.717, 1.165) is 83.5 Å². The third-order valence-corrected chi connectivity index (χ3v) is 12.5. The van der Waals surface area contributed by atoms with Crippen molar-refractivity contribution in [2.45, 2.75) is 225 Å². The van der Waals surface area contributed by atoms with E-state index < -0.39 is 31.8 Å². The van der Waals surface area contributed by atoms with E-state index >= 15 is 0 Å². The van der Waals surface area contributed by atoms with Gasteiger partial charge >= 0.3 is 25.7 Å². The molecule has 0 aliphatic heterocycles. The van der Waals surface area contributed by atoms with E-state index in [1.54, 1.807) is 24.3 Å². The summed E-state index contributed by atoms with van der Waals surface area (Å²) >= 11 is 0. The number of nitrogens with zero attached hydrogens (tertiary/aromatic N) is 1. The van der Waals surface area contributed by atoms with Crippen molar-refractivity contribution < 1.29 is 42.1 Å². The van der Waals surface area contributed by atoms with E-state index in [9.17, 15) is 28.5 Å². The van der Waals surface area contributed by atoms with Gasteiger partial charge in [0.15, 0.2) is 0 Å². The molecule has 1 aromatic carbocycles. The molecule has 13 heteroatoms. The summed E-state index contributed by atoms with van der Waals surface area (Å²) in [5, 5.41) is 2.84. The first-order valence-electron chi connectivity index (χ1n) is 25.8. The Morgan fingerprint density at radius 3 is 1.42 bits per heavy atom. The minimum absolute atomic E-state index is 0.0411. The predicted molar refractivity (Wildman–Crippen MR) is 269 cm³/mol. The summed E-state index contributed by atoms with van der Waals surface area (Å²) in [5.41, 5.74) is 6.74. The Balaban J connectivity index is 2.56. The standard InChI is InChI=1S/C53H88N3O9P/c1-3-5-7-9-11-13-15-17-19-21-23-25-27-29-31-36-50(58)63-66(62,64-51(59)37-32-30-28-26-24-22-20-18-16-14-12-10-8-6-4-2)65-52(60)42-44-55-45-47-38-40-48(41-39-47)53(61)56-43-34-33-35-49(54)46-57/h17-20,38-41,45-46,49H,3-16,21-37,42-44,54H2,1-2H3,(H,56,61)/b19-17-,20-18-,55-45?. The zero-order chi connectivity index (χ0) is 48.2. The van der Waals surface area contributed by atoms with Crippen LogP contribution in [-0.2, 0) is 37.3 Å². The van der Waals surface area contributed by atoms with Crippen LogP contribution in [0.1, 0.15) is 235 Å². The number of carbonyl (C=O) groups is 5. The summed E-state index contributed by atoms with van der Waals surface area (Å²) in [7, 11) is -4.88. The number of rotatable bonds is 44. The number of hydrogen-bond donors (Lipinski definition) is 2. The molecular weight excluding hydrogens is 854 g/mol. The number of phosphoric ester groups is 1. The van der Waals surface area contributed by atoms with Gasteiger partial charge in [0.25, 0.3) is 5.91 Å². The molecule has 1 aromatic rings. The first kappa shape index (κ1) is 60.1. The summed E-state index contributed by atoms with van der Waals surface area (Å²) in [6.45, 7) is 4.89. The number of amides is 1. The van der Waals surface area contributed by atoms with Crippen LogP contribution in [0.15, 0.2) is 53.6 Å². The zero-order valence-corrected chi connectivity index (χ0v) is 41.9. The molecule has 1 rings (SSSR count). The highest BCUT2D eigenvalue weighted by atomic mass is 31.2. The van der Waals surface area contributed by atoms with Gasteiger partial charge in [0.1, 0.15) is 6.29 Å².